The third kappa shape index (κ3) is 7.42. The fraction of sp³-hybridized carbons (Fsp3) is 0.393. The molecule has 35 heavy (non-hydrogen) atoms. The minimum absolute atomic E-state index is 0.103. The van der Waals surface area contributed by atoms with Gasteiger partial charge in [0.05, 0.1) is 0 Å². The van der Waals surface area contributed by atoms with Crippen molar-refractivity contribution in [2.24, 2.45) is 11.7 Å². The average molecular weight is 481 g/mol. The van der Waals surface area contributed by atoms with Crippen molar-refractivity contribution in [2.45, 2.75) is 44.6 Å². The summed E-state index contributed by atoms with van der Waals surface area (Å²) < 4.78 is 11.1. The van der Waals surface area contributed by atoms with Crippen molar-refractivity contribution in [3.05, 3.63) is 84.5 Å². The van der Waals surface area contributed by atoms with Crippen molar-refractivity contribution in [2.75, 3.05) is 19.8 Å². The SMILES string of the molecule is CC[C@@H]1C=CC=CC1(O)N(C[C@H](O)COc1ccccc1)[C@H](C)Cc1ccc(OCC(N)=O)cc1. The number of aliphatic hydroxyl groups is 2. The molecule has 2 aromatic rings. The first-order valence-corrected chi connectivity index (χ1v) is 12.0. The number of aliphatic hydroxyl groups excluding tert-OH is 1. The van der Waals surface area contributed by atoms with Crippen LogP contribution in [0.4, 0.5) is 0 Å². The number of primary amides is 1. The van der Waals surface area contributed by atoms with Crippen molar-refractivity contribution >= 4 is 5.91 Å². The fourth-order valence-corrected chi connectivity index (χ4v) is 4.40. The number of para-hydroxylation sites is 1. The number of ether oxygens (including phenoxy) is 2. The molecule has 188 valence electrons. The number of amides is 1. The lowest BCUT2D eigenvalue weighted by molar-refractivity contribution is -0.132. The van der Waals surface area contributed by atoms with Gasteiger partial charge in [0, 0.05) is 18.5 Å². The standard InChI is InChI=1S/C28H36N2O5/c1-3-23-9-7-8-16-28(23,33)30(18-24(31)19-34-25-10-5-4-6-11-25)21(2)17-22-12-14-26(15-13-22)35-20-27(29)32/h4-16,21,23-24,31,33H,3,17-20H2,1-2H3,(H2,29,32)/t21-,23-,24+,28?/m1/s1. The van der Waals surface area contributed by atoms with E-state index in [2.05, 4.69) is 0 Å². The van der Waals surface area contributed by atoms with Gasteiger partial charge in [-0.2, -0.15) is 0 Å². The van der Waals surface area contributed by atoms with Gasteiger partial charge in [-0.25, -0.2) is 0 Å². The van der Waals surface area contributed by atoms with Crippen molar-refractivity contribution in [3.8, 4) is 11.5 Å². The van der Waals surface area contributed by atoms with E-state index in [-0.39, 0.29) is 31.7 Å². The van der Waals surface area contributed by atoms with Gasteiger partial charge in [0.25, 0.3) is 5.91 Å². The van der Waals surface area contributed by atoms with Crippen LogP contribution in [0.5, 0.6) is 11.5 Å². The summed E-state index contributed by atoms with van der Waals surface area (Å²) in [7, 11) is 0. The molecule has 7 heteroatoms. The molecule has 1 aliphatic rings. The van der Waals surface area contributed by atoms with Gasteiger partial charge in [-0.1, -0.05) is 55.5 Å². The first-order chi connectivity index (χ1) is 16.8. The molecule has 0 aliphatic heterocycles. The molecule has 7 nitrogen and oxygen atoms in total. The summed E-state index contributed by atoms with van der Waals surface area (Å²) >= 11 is 0. The van der Waals surface area contributed by atoms with Gasteiger partial charge in [-0.05, 0) is 55.7 Å². The second-order valence-corrected chi connectivity index (χ2v) is 8.92. The number of allylic oxidation sites excluding steroid dienone is 2. The van der Waals surface area contributed by atoms with Crippen LogP contribution in [0, 0.1) is 5.92 Å². The van der Waals surface area contributed by atoms with Crippen LogP contribution in [0.25, 0.3) is 0 Å². The highest BCUT2D eigenvalue weighted by Crippen LogP contribution is 2.33. The van der Waals surface area contributed by atoms with Crippen LogP contribution >= 0.6 is 0 Å². The summed E-state index contributed by atoms with van der Waals surface area (Å²) in [5, 5.41) is 22.7. The lowest BCUT2D eigenvalue weighted by atomic mass is 9.85. The highest BCUT2D eigenvalue weighted by atomic mass is 16.5. The number of hydrogen-bond acceptors (Lipinski definition) is 6. The fourth-order valence-electron chi connectivity index (χ4n) is 4.40. The molecule has 0 radical (unpaired) electrons. The van der Waals surface area contributed by atoms with Crippen LogP contribution in [0.3, 0.4) is 0 Å². The lowest BCUT2D eigenvalue weighted by Crippen LogP contribution is -2.59. The Morgan fingerprint density at radius 1 is 1.09 bits per heavy atom. The molecule has 1 unspecified atom stereocenters. The maximum absolute atomic E-state index is 11.8. The monoisotopic (exact) mass is 480 g/mol. The van der Waals surface area contributed by atoms with E-state index in [1.54, 1.807) is 12.1 Å². The summed E-state index contributed by atoms with van der Waals surface area (Å²) in [6.07, 6.45) is 8.21. The smallest absolute Gasteiger partial charge is 0.255 e. The Balaban J connectivity index is 1.73. The maximum Gasteiger partial charge on any atom is 0.255 e. The molecule has 0 spiro atoms. The van der Waals surface area contributed by atoms with Crippen molar-refractivity contribution in [1.82, 2.24) is 4.90 Å². The number of carbonyl (C=O) groups is 1. The van der Waals surface area contributed by atoms with E-state index in [0.717, 1.165) is 12.0 Å². The van der Waals surface area contributed by atoms with E-state index in [9.17, 15) is 15.0 Å². The summed E-state index contributed by atoms with van der Waals surface area (Å²) in [6.45, 7) is 4.27. The van der Waals surface area contributed by atoms with Gasteiger partial charge in [0.15, 0.2) is 6.61 Å². The molecule has 2 aromatic carbocycles. The van der Waals surface area contributed by atoms with E-state index in [1.165, 1.54) is 0 Å². The highest BCUT2D eigenvalue weighted by molar-refractivity contribution is 5.75. The van der Waals surface area contributed by atoms with Crippen LogP contribution in [-0.4, -0.2) is 58.6 Å². The molecule has 0 fully saturated rings. The van der Waals surface area contributed by atoms with Crippen LogP contribution in [0.1, 0.15) is 25.8 Å². The summed E-state index contributed by atoms with van der Waals surface area (Å²) in [5.74, 6) is 0.620. The molecular weight excluding hydrogens is 444 g/mol. The van der Waals surface area contributed by atoms with Crippen molar-refractivity contribution in [3.63, 3.8) is 0 Å². The minimum Gasteiger partial charge on any atom is -0.491 e. The quantitative estimate of drug-likeness (QED) is 0.381. The lowest BCUT2D eigenvalue weighted by Gasteiger charge is -2.47. The van der Waals surface area contributed by atoms with E-state index in [1.807, 2.05) is 85.5 Å². The van der Waals surface area contributed by atoms with Gasteiger partial charge >= 0.3 is 0 Å². The maximum atomic E-state index is 11.8. The highest BCUT2D eigenvalue weighted by Gasteiger charge is 2.42. The zero-order valence-electron chi connectivity index (χ0n) is 20.4. The Morgan fingerprint density at radius 2 is 1.77 bits per heavy atom. The molecule has 1 amide bonds. The number of nitrogens with two attached hydrogens (primary N) is 1. The van der Waals surface area contributed by atoms with Gasteiger partial charge < -0.3 is 25.4 Å². The molecule has 4 atom stereocenters. The van der Waals surface area contributed by atoms with Crippen LogP contribution in [-0.2, 0) is 11.2 Å². The molecule has 0 saturated heterocycles. The van der Waals surface area contributed by atoms with Gasteiger partial charge in [-0.15, -0.1) is 0 Å². The number of rotatable bonds is 13. The van der Waals surface area contributed by atoms with Crippen LogP contribution < -0.4 is 15.2 Å². The molecule has 4 N–H and O–H groups in total. The predicted molar refractivity (Wildman–Crippen MR) is 136 cm³/mol. The van der Waals surface area contributed by atoms with Crippen molar-refractivity contribution < 1.29 is 24.5 Å². The van der Waals surface area contributed by atoms with E-state index in [4.69, 9.17) is 15.2 Å². The van der Waals surface area contributed by atoms with Gasteiger partial charge in [0.2, 0.25) is 0 Å². The van der Waals surface area contributed by atoms with E-state index < -0.39 is 17.7 Å². The van der Waals surface area contributed by atoms with E-state index in [0.29, 0.717) is 17.9 Å². The topological polar surface area (TPSA) is 105 Å². The number of benzene rings is 2. The molecule has 0 heterocycles. The molecule has 0 bridgehead atoms. The largest absolute Gasteiger partial charge is 0.491 e. The van der Waals surface area contributed by atoms with Gasteiger partial charge in [-0.3, -0.25) is 9.69 Å². The number of carbonyl (C=O) groups excluding carboxylic acids is 1. The Morgan fingerprint density at radius 3 is 2.43 bits per heavy atom. The second kappa shape index (κ2) is 12.5. The summed E-state index contributed by atoms with van der Waals surface area (Å²) in [6, 6.07) is 16.7. The third-order valence-electron chi connectivity index (χ3n) is 6.20. The Hall–Kier alpha value is -3.13. The zero-order chi connectivity index (χ0) is 25.3. The minimum atomic E-state index is -1.23. The Kier molecular flexibility index (Phi) is 9.48. The predicted octanol–water partition coefficient (Wildman–Crippen LogP) is 3.06. The third-order valence-corrected chi connectivity index (χ3v) is 6.20. The number of hydrogen-bond donors (Lipinski definition) is 3. The molecule has 0 saturated carbocycles. The first kappa shape index (κ1) is 26.5. The summed E-state index contributed by atoms with van der Waals surface area (Å²) in [5.41, 5.74) is 4.94. The Labute approximate surface area is 207 Å². The molecule has 3 rings (SSSR count). The number of nitrogens with zero attached hydrogens (tertiary/aromatic N) is 1. The average Bonchev–Trinajstić information content (AvgIpc) is 2.86. The van der Waals surface area contributed by atoms with Crippen LogP contribution in [0.2, 0.25) is 0 Å². The normalized spacial score (nSPS) is 21.0. The first-order valence-electron chi connectivity index (χ1n) is 12.0. The van der Waals surface area contributed by atoms with Crippen molar-refractivity contribution in [1.29, 1.82) is 0 Å². The molecule has 1 aliphatic carbocycles. The van der Waals surface area contributed by atoms with Gasteiger partial charge in [0.1, 0.15) is 29.9 Å². The zero-order valence-corrected chi connectivity index (χ0v) is 20.4. The molecule has 0 aromatic heterocycles. The molecular formula is C28H36N2O5. The van der Waals surface area contributed by atoms with E-state index >= 15 is 0 Å². The second-order valence-electron chi connectivity index (χ2n) is 8.92. The summed E-state index contributed by atoms with van der Waals surface area (Å²) in [4.78, 5) is 12.9. The Bertz CT molecular complexity index is 992. The van der Waals surface area contributed by atoms with Crippen LogP contribution in [0.15, 0.2) is 78.9 Å².